The predicted octanol–water partition coefficient (Wildman–Crippen LogP) is 4.99. The van der Waals surface area contributed by atoms with E-state index in [-0.39, 0.29) is 18.5 Å². The zero-order chi connectivity index (χ0) is 23.2. The molecule has 0 saturated carbocycles. The van der Waals surface area contributed by atoms with E-state index in [4.69, 9.17) is 4.74 Å². The van der Waals surface area contributed by atoms with Crippen LogP contribution in [-0.2, 0) is 25.3 Å². The van der Waals surface area contributed by atoms with Crippen LogP contribution in [0.4, 0.5) is 24.5 Å². The maximum atomic E-state index is 12.7. The quantitative estimate of drug-likeness (QED) is 0.524. The number of alkyl halides is 3. The molecule has 6 nitrogen and oxygen atoms in total. The highest BCUT2D eigenvalue weighted by atomic mass is 79.9. The first-order chi connectivity index (χ1) is 14.5. The Hall–Kier alpha value is -2.88. The average Bonchev–Trinajstić information content (AvgIpc) is 2.71. The number of nitrogens with one attached hydrogen (secondary N) is 2. The van der Waals surface area contributed by atoms with Crippen LogP contribution in [0.25, 0.3) is 0 Å². The van der Waals surface area contributed by atoms with E-state index in [1.54, 1.807) is 12.1 Å². The molecule has 0 unspecified atom stereocenters. The number of hydrogen-bond acceptors (Lipinski definition) is 4. The van der Waals surface area contributed by atoms with Crippen LogP contribution in [0.2, 0.25) is 0 Å². The molecule has 0 aliphatic rings. The number of amides is 2. The number of hydrogen-bond donors (Lipinski definition) is 2. The van der Waals surface area contributed by atoms with Crippen LogP contribution >= 0.6 is 15.9 Å². The Morgan fingerprint density at radius 3 is 2.35 bits per heavy atom. The molecule has 0 radical (unpaired) electrons. The summed E-state index contributed by atoms with van der Waals surface area (Å²) in [6, 6.07) is 7.65. The van der Waals surface area contributed by atoms with Crippen molar-refractivity contribution >= 4 is 45.1 Å². The fourth-order valence-electron chi connectivity index (χ4n) is 2.54. The molecule has 2 rings (SSSR count). The molecule has 0 fully saturated rings. The Morgan fingerprint density at radius 2 is 1.68 bits per heavy atom. The van der Waals surface area contributed by atoms with Crippen LogP contribution in [0.15, 0.2) is 40.9 Å². The van der Waals surface area contributed by atoms with Crippen molar-refractivity contribution in [3.8, 4) is 0 Å². The topological polar surface area (TPSA) is 84.5 Å². The number of benzene rings is 2. The van der Waals surface area contributed by atoms with Gasteiger partial charge in [-0.25, -0.2) is 0 Å². The minimum Gasteiger partial charge on any atom is -0.456 e. The second kappa shape index (κ2) is 10.4. The number of carbonyl (C=O) groups excluding carboxylic acids is 3. The summed E-state index contributed by atoms with van der Waals surface area (Å²) in [7, 11) is 0. The Balaban J connectivity index is 1.77. The average molecular weight is 501 g/mol. The lowest BCUT2D eigenvalue weighted by molar-refractivity contribution is -0.147. The summed E-state index contributed by atoms with van der Waals surface area (Å²) in [6.07, 6.45) is -5.16. The number of rotatable bonds is 7. The molecule has 2 amide bonds. The minimum absolute atomic E-state index is 0.0345. The van der Waals surface area contributed by atoms with Gasteiger partial charge in [0.25, 0.3) is 5.91 Å². The highest BCUT2D eigenvalue weighted by molar-refractivity contribution is 9.10. The van der Waals surface area contributed by atoms with Crippen LogP contribution in [-0.4, -0.2) is 24.4 Å². The standard InChI is InChI=1S/C21H20BrF3N2O4/c1-12-13(2)17(7-6-16(12)22)27-19(29)11-31-20(30)9-8-18(28)26-15-5-3-4-14(10-15)21(23,24)25/h3-7,10H,8-9,11H2,1-2H3,(H,26,28)(H,27,29). The molecule has 166 valence electrons. The molecule has 0 saturated heterocycles. The van der Waals surface area contributed by atoms with Gasteiger partial charge in [-0.1, -0.05) is 22.0 Å². The normalized spacial score (nSPS) is 11.0. The van der Waals surface area contributed by atoms with Crippen molar-refractivity contribution in [3.05, 3.63) is 57.6 Å². The molecule has 0 heterocycles. The van der Waals surface area contributed by atoms with Gasteiger partial charge in [0.2, 0.25) is 5.91 Å². The monoisotopic (exact) mass is 500 g/mol. The minimum atomic E-state index is -4.53. The van der Waals surface area contributed by atoms with Crippen LogP contribution in [0.3, 0.4) is 0 Å². The van der Waals surface area contributed by atoms with Gasteiger partial charge in [0.1, 0.15) is 0 Å². The maximum Gasteiger partial charge on any atom is 0.416 e. The Bertz CT molecular complexity index is 993. The number of ether oxygens (including phenoxy) is 1. The largest absolute Gasteiger partial charge is 0.456 e. The summed E-state index contributed by atoms with van der Waals surface area (Å²) in [6.45, 7) is 3.20. The summed E-state index contributed by atoms with van der Waals surface area (Å²) in [5.41, 5.74) is 1.48. The van der Waals surface area contributed by atoms with Gasteiger partial charge in [0.15, 0.2) is 6.61 Å². The predicted molar refractivity (Wildman–Crippen MR) is 113 cm³/mol. The number of halogens is 4. The third kappa shape index (κ3) is 7.39. The van der Waals surface area contributed by atoms with Crippen molar-refractivity contribution in [3.63, 3.8) is 0 Å². The van der Waals surface area contributed by atoms with E-state index in [1.807, 2.05) is 13.8 Å². The van der Waals surface area contributed by atoms with Crippen molar-refractivity contribution in [2.75, 3.05) is 17.2 Å². The third-order valence-electron chi connectivity index (χ3n) is 4.39. The van der Waals surface area contributed by atoms with Crippen LogP contribution in [0.1, 0.15) is 29.5 Å². The molecule has 10 heteroatoms. The highest BCUT2D eigenvalue weighted by Gasteiger charge is 2.30. The molecule has 2 aromatic carbocycles. The lowest BCUT2D eigenvalue weighted by atomic mass is 10.1. The second-order valence-corrected chi connectivity index (χ2v) is 7.53. The molecule has 0 aliphatic heterocycles. The van der Waals surface area contributed by atoms with Crippen LogP contribution in [0, 0.1) is 13.8 Å². The molecule has 2 N–H and O–H groups in total. The van der Waals surface area contributed by atoms with Crippen LogP contribution in [0.5, 0.6) is 0 Å². The molecule has 0 aliphatic carbocycles. The molecular weight excluding hydrogens is 481 g/mol. The van der Waals surface area contributed by atoms with E-state index in [0.717, 1.165) is 27.7 Å². The zero-order valence-electron chi connectivity index (χ0n) is 16.7. The SMILES string of the molecule is Cc1c(Br)ccc(NC(=O)COC(=O)CCC(=O)Nc2cccc(C(F)(F)F)c2)c1C. The molecular formula is C21H20BrF3N2O4. The van der Waals surface area contributed by atoms with Gasteiger partial charge in [-0.05, 0) is 55.3 Å². The van der Waals surface area contributed by atoms with Crippen molar-refractivity contribution in [2.45, 2.75) is 32.9 Å². The summed E-state index contributed by atoms with van der Waals surface area (Å²) < 4.78 is 43.8. The Labute approximate surface area is 185 Å². The fraction of sp³-hybridized carbons (Fsp3) is 0.286. The number of carbonyl (C=O) groups is 3. The zero-order valence-corrected chi connectivity index (χ0v) is 18.3. The van der Waals surface area contributed by atoms with E-state index < -0.39 is 36.1 Å². The number of esters is 1. The van der Waals surface area contributed by atoms with E-state index in [9.17, 15) is 27.6 Å². The van der Waals surface area contributed by atoms with Gasteiger partial charge in [0, 0.05) is 22.3 Å². The van der Waals surface area contributed by atoms with E-state index >= 15 is 0 Å². The van der Waals surface area contributed by atoms with Crippen LogP contribution < -0.4 is 10.6 Å². The number of anilines is 2. The first-order valence-electron chi connectivity index (χ1n) is 9.15. The highest BCUT2D eigenvalue weighted by Crippen LogP contribution is 2.30. The molecule has 0 aromatic heterocycles. The Kier molecular flexibility index (Phi) is 8.21. The molecule has 31 heavy (non-hydrogen) atoms. The summed E-state index contributed by atoms with van der Waals surface area (Å²) in [5.74, 6) is -1.97. The lowest BCUT2D eigenvalue weighted by Crippen LogP contribution is -2.22. The van der Waals surface area contributed by atoms with E-state index in [0.29, 0.717) is 5.69 Å². The molecule has 0 spiro atoms. The molecule has 0 bridgehead atoms. The fourth-order valence-corrected chi connectivity index (χ4v) is 2.97. The van der Waals surface area contributed by atoms with Crippen molar-refractivity contribution < 1.29 is 32.3 Å². The van der Waals surface area contributed by atoms with Crippen molar-refractivity contribution in [1.82, 2.24) is 0 Å². The summed E-state index contributed by atoms with van der Waals surface area (Å²) in [4.78, 5) is 35.6. The first kappa shape index (κ1) is 24.4. The maximum absolute atomic E-state index is 12.7. The van der Waals surface area contributed by atoms with Gasteiger partial charge < -0.3 is 15.4 Å². The third-order valence-corrected chi connectivity index (χ3v) is 5.25. The van der Waals surface area contributed by atoms with Gasteiger partial charge in [0.05, 0.1) is 12.0 Å². The molecule has 0 atom stereocenters. The van der Waals surface area contributed by atoms with Gasteiger partial charge in [-0.3, -0.25) is 14.4 Å². The summed E-state index contributed by atoms with van der Waals surface area (Å²) >= 11 is 3.39. The van der Waals surface area contributed by atoms with Gasteiger partial charge in [-0.15, -0.1) is 0 Å². The van der Waals surface area contributed by atoms with E-state index in [2.05, 4.69) is 26.6 Å². The first-order valence-corrected chi connectivity index (χ1v) is 9.95. The smallest absolute Gasteiger partial charge is 0.416 e. The Morgan fingerprint density at radius 1 is 0.968 bits per heavy atom. The van der Waals surface area contributed by atoms with Gasteiger partial charge in [-0.2, -0.15) is 13.2 Å². The van der Waals surface area contributed by atoms with Gasteiger partial charge >= 0.3 is 12.1 Å². The summed E-state index contributed by atoms with van der Waals surface area (Å²) in [5, 5.41) is 4.93. The second-order valence-electron chi connectivity index (χ2n) is 6.68. The van der Waals surface area contributed by atoms with E-state index in [1.165, 1.54) is 12.1 Å². The molecule has 2 aromatic rings. The van der Waals surface area contributed by atoms with Crippen molar-refractivity contribution in [1.29, 1.82) is 0 Å². The lowest BCUT2D eigenvalue weighted by Gasteiger charge is -2.12. The van der Waals surface area contributed by atoms with Crippen molar-refractivity contribution in [2.24, 2.45) is 0 Å².